The van der Waals surface area contributed by atoms with Gasteiger partial charge in [0.05, 0.1) is 5.69 Å². The van der Waals surface area contributed by atoms with Gasteiger partial charge in [-0.2, -0.15) is 0 Å². The second-order valence-corrected chi connectivity index (χ2v) is 6.67. The fourth-order valence-corrected chi connectivity index (χ4v) is 3.62. The van der Waals surface area contributed by atoms with Crippen molar-refractivity contribution in [1.29, 1.82) is 0 Å². The summed E-state index contributed by atoms with van der Waals surface area (Å²) in [6.45, 7) is 4.19. The van der Waals surface area contributed by atoms with Crippen molar-refractivity contribution in [3.8, 4) is 5.69 Å². The Morgan fingerprint density at radius 2 is 2.25 bits per heavy atom. The fourth-order valence-electron chi connectivity index (χ4n) is 3.62. The SMILES string of the molecule is CCCCC1CCCC1NC(=O)c1ccc(-n2cnnn2)c(C)c1. The Kier molecular flexibility index (Phi) is 5.23. The van der Waals surface area contributed by atoms with E-state index in [2.05, 4.69) is 27.8 Å². The molecule has 2 aromatic rings. The fraction of sp³-hybridized carbons (Fsp3) is 0.556. The highest BCUT2D eigenvalue weighted by molar-refractivity contribution is 5.94. The summed E-state index contributed by atoms with van der Waals surface area (Å²) in [5.74, 6) is 0.658. The molecule has 0 saturated heterocycles. The topological polar surface area (TPSA) is 72.7 Å². The van der Waals surface area contributed by atoms with Crippen LogP contribution >= 0.6 is 0 Å². The maximum absolute atomic E-state index is 12.6. The van der Waals surface area contributed by atoms with Crippen molar-refractivity contribution in [3.63, 3.8) is 0 Å². The van der Waals surface area contributed by atoms with Gasteiger partial charge >= 0.3 is 0 Å². The lowest BCUT2D eigenvalue weighted by Crippen LogP contribution is -2.37. The molecule has 1 saturated carbocycles. The van der Waals surface area contributed by atoms with Crippen LogP contribution in [0.2, 0.25) is 0 Å². The average molecular weight is 327 g/mol. The Labute approximate surface area is 142 Å². The van der Waals surface area contributed by atoms with Crippen molar-refractivity contribution >= 4 is 5.91 Å². The van der Waals surface area contributed by atoms with E-state index in [1.807, 2.05) is 25.1 Å². The van der Waals surface area contributed by atoms with E-state index in [0.717, 1.165) is 17.7 Å². The van der Waals surface area contributed by atoms with Crippen LogP contribution in [0.5, 0.6) is 0 Å². The molecule has 6 nitrogen and oxygen atoms in total. The highest BCUT2D eigenvalue weighted by atomic mass is 16.1. The number of unbranched alkanes of at least 4 members (excludes halogenated alkanes) is 1. The van der Waals surface area contributed by atoms with Crippen LogP contribution in [-0.4, -0.2) is 32.2 Å². The zero-order chi connectivity index (χ0) is 16.9. The molecule has 2 unspecified atom stereocenters. The maximum Gasteiger partial charge on any atom is 0.251 e. The van der Waals surface area contributed by atoms with Crippen LogP contribution in [0.3, 0.4) is 0 Å². The van der Waals surface area contributed by atoms with Crippen molar-refractivity contribution in [3.05, 3.63) is 35.7 Å². The third-order valence-corrected chi connectivity index (χ3v) is 4.96. The highest BCUT2D eigenvalue weighted by Gasteiger charge is 2.28. The number of carbonyl (C=O) groups excluding carboxylic acids is 1. The molecule has 1 aromatic carbocycles. The number of carbonyl (C=O) groups is 1. The van der Waals surface area contributed by atoms with Crippen molar-refractivity contribution in [1.82, 2.24) is 25.5 Å². The highest BCUT2D eigenvalue weighted by Crippen LogP contribution is 2.30. The summed E-state index contributed by atoms with van der Waals surface area (Å²) in [5.41, 5.74) is 2.56. The summed E-state index contributed by atoms with van der Waals surface area (Å²) in [5, 5.41) is 14.5. The molecular weight excluding hydrogens is 302 g/mol. The number of benzene rings is 1. The largest absolute Gasteiger partial charge is 0.349 e. The average Bonchev–Trinajstić information content (AvgIpc) is 3.24. The van der Waals surface area contributed by atoms with Gasteiger partial charge in [-0.1, -0.05) is 26.2 Å². The second-order valence-electron chi connectivity index (χ2n) is 6.67. The quantitative estimate of drug-likeness (QED) is 0.885. The van der Waals surface area contributed by atoms with E-state index in [-0.39, 0.29) is 5.91 Å². The summed E-state index contributed by atoms with van der Waals surface area (Å²) in [7, 11) is 0. The molecule has 1 aliphatic rings. The Morgan fingerprint density at radius 1 is 1.38 bits per heavy atom. The predicted octanol–water partition coefficient (Wildman–Crippen LogP) is 3.06. The van der Waals surface area contributed by atoms with Gasteiger partial charge in [-0.05, 0) is 66.3 Å². The molecule has 1 amide bonds. The zero-order valence-corrected chi connectivity index (χ0v) is 14.4. The molecule has 0 spiro atoms. The molecule has 128 valence electrons. The van der Waals surface area contributed by atoms with Gasteiger partial charge < -0.3 is 5.32 Å². The zero-order valence-electron chi connectivity index (χ0n) is 14.4. The molecule has 1 aromatic heterocycles. The van der Waals surface area contributed by atoms with Gasteiger partial charge in [0.1, 0.15) is 6.33 Å². The third-order valence-electron chi connectivity index (χ3n) is 4.96. The lowest BCUT2D eigenvalue weighted by atomic mass is 9.96. The first-order chi connectivity index (χ1) is 11.7. The summed E-state index contributed by atoms with van der Waals surface area (Å²) in [6.07, 6.45) is 8.80. The minimum absolute atomic E-state index is 0.0229. The number of tetrazole rings is 1. The summed E-state index contributed by atoms with van der Waals surface area (Å²) < 4.78 is 1.61. The molecule has 1 N–H and O–H groups in total. The van der Waals surface area contributed by atoms with Gasteiger partial charge in [0.2, 0.25) is 0 Å². The third kappa shape index (κ3) is 3.63. The van der Waals surface area contributed by atoms with Gasteiger partial charge in [-0.25, -0.2) is 4.68 Å². The van der Waals surface area contributed by atoms with E-state index in [1.165, 1.54) is 32.1 Å². The van der Waals surface area contributed by atoms with Crippen LogP contribution in [0.4, 0.5) is 0 Å². The molecule has 3 rings (SSSR count). The number of amides is 1. The van der Waals surface area contributed by atoms with Crippen LogP contribution in [0.25, 0.3) is 5.69 Å². The summed E-state index contributed by atoms with van der Waals surface area (Å²) >= 11 is 0. The number of nitrogens with one attached hydrogen (secondary N) is 1. The minimum Gasteiger partial charge on any atom is -0.349 e. The maximum atomic E-state index is 12.6. The van der Waals surface area contributed by atoms with E-state index >= 15 is 0 Å². The molecule has 6 heteroatoms. The van der Waals surface area contributed by atoms with E-state index < -0.39 is 0 Å². The summed E-state index contributed by atoms with van der Waals surface area (Å²) in [4.78, 5) is 12.6. The molecule has 2 atom stereocenters. The van der Waals surface area contributed by atoms with Gasteiger partial charge in [0.15, 0.2) is 0 Å². The monoisotopic (exact) mass is 327 g/mol. The summed E-state index contributed by atoms with van der Waals surface area (Å²) in [6, 6.07) is 5.96. The van der Waals surface area contributed by atoms with Crippen molar-refractivity contribution in [2.75, 3.05) is 0 Å². The van der Waals surface area contributed by atoms with E-state index in [9.17, 15) is 4.79 Å². The lowest BCUT2D eigenvalue weighted by molar-refractivity contribution is 0.0926. The first-order valence-electron chi connectivity index (χ1n) is 8.84. The Balaban J connectivity index is 1.68. The second kappa shape index (κ2) is 7.55. The van der Waals surface area contributed by atoms with Crippen LogP contribution < -0.4 is 5.32 Å². The number of rotatable bonds is 6. The van der Waals surface area contributed by atoms with Crippen LogP contribution in [-0.2, 0) is 0 Å². The van der Waals surface area contributed by atoms with Crippen molar-refractivity contribution < 1.29 is 4.79 Å². The van der Waals surface area contributed by atoms with Crippen LogP contribution in [0.1, 0.15) is 61.4 Å². The first kappa shape index (κ1) is 16.6. The normalized spacial score (nSPS) is 20.2. The van der Waals surface area contributed by atoms with Gasteiger partial charge in [-0.3, -0.25) is 4.79 Å². The number of aryl methyl sites for hydroxylation is 1. The van der Waals surface area contributed by atoms with Crippen molar-refractivity contribution in [2.24, 2.45) is 5.92 Å². The lowest BCUT2D eigenvalue weighted by Gasteiger charge is -2.21. The molecule has 24 heavy (non-hydrogen) atoms. The molecule has 0 bridgehead atoms. The number of nitrogens with zero attached hydrogens (tertiary/aromatic N) is 4. The van der Waals surface area contributed by atoms with Crippen molar-refractivity contribution in [2.45, 2.75) is 58.4 Å². The Bertz CT molecular complexity index is 683. The van der Waals surface area contributed by atoms with E-state index in [1.54, 1.807) is 11.0 Å². The first-order valence-corrected chi connectivity index (χ1v) is 8.84. The molecule has 1 heterocycles. The molecule has 0 radical (unpaired) electrons. The predicted molar refractivity (Wildman–Crippen MR) is 92.0 cm³/mol. The standard InChI is InChI=1S/C18H25N5O/c1-3-4-6-14-7-5-8-16(14)20-18(24)15-9-10-17(13(2)11-15)23-12-19-21-22-23/h9-12,14,16H,3-8H2,1-2H3,(H,20,24). The molecule has 1 fully saturated rings. The van der Waals surface area contributed by atoms with E-state index in [4.69, 9.17) is 0 Å². The van der Waals surface area contributed by atoms with Gasteiger partial charge in [-0.15, -0.1) is 5.10 Å². The molecule has 1 aliphatic carbocycles. The molecular formula is C18H25N5O. The minimum atomic E-state index is 0.0229. The van der Waals surface area contributed by atoms with E-state index in [0.29, 0.717) is 17.5 Å². The number of hydrogen-bond donors (Lipinski definition) is 1. The smallest absolute Gasteiger partial charge is 0.251 e. The van der Waals surface area contributed by atoms with Crippen LogP contribution in [0.15, 0.2) is 24.5 Å². The van der Waals surface area contributed by atoms with Gasteiger partial charge in [0, 0.05) is 11.6 Å². The Hall–Kier alpha value is -2.24. The van der Waals surface area contributed by atoms with Gasteiger partial charge in [0.25, 0.3) is 5.91 Å². The number of aromatic nitrogens is 4. The number of hydrogen-bond acceptors (Lipinski definition) is 4. The Morgan fingerprint density at radius 3 is 2.96 bits per heavy atom. The van der Waals surface area contributed by atoms with Crippen LogP contribution in [0, 0.1) is 12.8 Å². The molecule has 0 aliphatic heterocycles.